The van der Waals surface area contributed by atoms with Gasteiger partial charge in [-0.2, -0.15) is 0 Å². The summed E-state index contributed by atoms with van der Waals surface area (Å²) in [7, 11) is 0. The molecule has 3 aliphatic rings. The molecule has 27 heavy (non-hydrogen) atoms. The lowest BCUT2D eigenvalue weighted by Crippen LogP contribution is -2.32. The van der Waals surface area contributed by atoms with Gasteiger partial charge in [0, 0.05) is 18.2 Å². The van der Waals surface area contributed by atoms with Crippen LogP contribution in [0, 0.1) is 17.8 Å². The van der Waals surface area contributed by atoms with E-state index >= 15 is 0 Å². The molecule has 0 bridgehead atoms. The minimum atomic E-state index is -0.439. The van der Waals surface area contributed by atoms with Gasteiger partial charge in [-0.05, 0) is 49.1 Å². The van der Waals surface area contributed by atoms with Gasteiger partial charge in [0.05, 0.1) is 12.6 Å². The van der Waals surface area contributed by atoms with E-state index in [9.17, 15) is 9.90 Å². The van der Waals surface area contributed by atoms with E-state index in [1.165, 1.54) is 6.42 Å². The molecular weight excluding hydrogens is 340 g/mol. The smallest absolute Gasteiger partial charge is 0.223 e. The third-order valence-electron chi connectivity index (χ3n) is 5.67. The van der Waals surface area contributed by atoms with Gasteiger partial charge in [-0.1, -0.05) is 36.5 Å². The first-order valence-corrected chi connectivity index (χ1v) is 9.80. The number of hydrogen-bond donors (Lipinski definition) is 2. The van der Waals surface area contributed by atoms with E-state index < -0.39 is 6.04 Å². The Kier molecular flexibility index (Phi) is 5.39. The van der Waals surface area contributed by atoms with Crippen LogP contribution < -0.4 is 10.1 Å². The molecule has 5 heteroatoms. The summed E-state index contributed by atoms with van der Waals surface area (Å²) in [6.45, 7) is -0.152. The van der Waals surface area contributed by atoms with Crippen molar-refractivity contribution in [2.45, 2.75) is 37.8 Å². The molecule has 0 aromatic carbocycles. The van der Waals surface area contributed by atoms with E-state index in [0.717, 1.165) is 24.8 Å². The van der Waals surface area contributed by atoms with Crippen LogP contribution >= 0.6 is 0 Å². The minimum Gasteiger partial charge on any atom is -0.474 e. The molecule has 3 atom stereocenters. The fourth-order valence-corrected chi connectivity index (χ4v) is 3.64. The number of amides is 1. The molecule has 142 valence electrons. The Balaban J connectivity index is 1.32. The van der Waals surface area contributed by atoms with Crippen LogP contribution in [0.2, 0.25) is 0 Å². The van der Waals surface area contributed by atoms with E-state index in [1.807, 2.05) is 36.4 Å². The van der Waals surface area contributed by atoms with E-state index in [0.29, 0.717) is 17.7 Å². The predicted octanol–water partition coefficient (Wildman–Crippen LogP) is 3.10. The zero-order valence-electron chi connectivity index (χ0n) is 15.3. The van der Waals surface area contributed by atoms with Gasteiger partial charge in [-0.25, -0.2) is 4.98 Å². The molecule has 3 aliphatic carbocycles. The zero-order chi connectivity index (χ0) is 18.6. The number of ether oxygens (including phenoxy) is 1. The van der Waals surface area contributed by atoms with Crippen LogP contribution in [0.5, 0.6) is 5.88 Å². The highest BCUT2D eigenvalue weighted by molar-refractivity contribution is 5.82. The van der Waals surface area contributed by atoms with Crippen molar-refractivity contribution >= 4 is 5.91 Å². The SMILES string of the molecule is O=C(NC(CO)c1ccc(OC2CCC2)nc1)C1CC1C1C=CC=CC=C1. The minimum absolute atomic E-state index is 0.00522. The summed E-state index contributed by atoms with van der Waals surface area (Å²) in [6, 6.07) is 3.25. The number of hydrogen-bond acceptors (Lipinski definition) is 4. The largest absolute Gasteiger partial charge is 0.474 e. The second-order valence-corrected chi connectivity index (χ2v) is 7.58. The molecule has 1 heterocycles. The number of rotatable bonds is 7. The first-order valence-electron chi connectivity index (χ1n) is 9.80. The van der Waals surface area contributed by atoms with Crippen molar-refractivity contribution in [3.63, 3.8) is 0 Å². The van der Waals surface area contributed by atoms with E-state index in [1.54, 1.807) is 6.20 Å². The molecule has 0 spiro atoms. The lowest BCUT2D eigenvalue weighted by atomic mass is 9.96. The number of aromatic nitrogens is 1. The average molecular weight is 366 g/mol. The average Bonchev–Trinajstić information content (AvgIpc) is 3.46. The number of carbonyl (C=O) groups excluding carboxylic acids is 1. The second-order valence-electron chi connectivity index (χ2n) is 7.58. The van der Waals surface area contributed by atoms with Crippen LogP contribution in [0.4, 0.5) is 0 Å². The van der Waals surface area contributed by atoms with Crippen molar-refractivity contribution in [1.29, 1.82) is 0 Å². The molecule has 1 amide bonds. The number of nitrogens with one attached hydrogen (secondary N) is 1. The maximum atomic E-state index is 12.6. The summed E-state index contributed by atoms with van der Waals surface area (Å²) in [4.78, 5) is 16.9. The number of carbonyl (C=O) groups is 1. The lowest BCUT2D eigenvalue weighted by Gasteiger charge is -2.25. The zero-order valence-corrected chi connectivity index (χ0v) is 15.3. The van der Waals surface area contributed by atoms with Gasteiger partial charge in [0.2, 0.25) is 11.8 Å². The maximum absolute atomic E-state index is 12.6. The Labute approximate surface area is 159 Å². The third-order valence-corrected chi connectivity index (χ3v) is 5.67. The molecule has 0 saturated heterocycles. The number of allylic oxidation sites excluding steroid dienone is 6. The number of aliphatic hydroxyl groups is 1. The molecule has 2 saturated carbocycles. The molecule has 1 aromatic rings. The van der Waals surface area contributed by atoms with Gasteiger partial charge in [-0.3, -0.25) is 4.79 Å². The maximum Gasteiger partial charge on any atom is 0.223 e. The first-order chi connectivity index (χ1) is 13.2. The lowest BCUT2D eigenvalue weighted by molar-refractivity contribution is -0.123. The molecular formula is C22H26N2O3. The van der Waals surface area contributed by atoms with Crippen LogP contribution in [0.1, 0.15) is 37.3 Å². The normalized spacial score (nSPS) is 25.5. The number of nitrogens with zero attached hydrogens (tertiary/aromatic N) is 1. The number of aliphatic hydroxyl groups excluding tert-OH is 1. The van der Waals surface area contributed by atoms with E-state index in [-0.39, 0.29) is 24.5 Å². The Morgan fingerprint density at radius 2 is 2.00 bits per heavy atom. The van der Waals surface area contributed by atoms with Crippen LogP contribution in [-0.4, -0.2) is 28.7 Å². The fourth-order valence-electron chi connectivity index (χ4n) is 3.64. The summed E-state index contributed by atoms with van der Waals surface area (Å²) in [6.07, 6.45) is 18.6. The predicted molar refractivity (Wildman–Crippen MR) is 103 cm³/mol. The van der Waals surface area contributed by atoms with Crippen LogP contribution in [0.25, 0.3) is 0 Å². The Morgan fingerprint density at radius 3 is 2.59 bits per heavy atom. The topological polar surface area (TPSA) is 71.5 Å². The van der Waals surface area contributed by atoms with Crippen molar-refractivity contribution in [3.05, 3.63) is 60.3 Å². The summed E-state index contributed by atoms with van der Waals surface area (Å²) in [5.41, 5.74) is 0.794. The standard InChI is InChI=1S/C22H26N2O3/c25-14-20(16-10-11-21(23-13-16)27-17-8-5-9-17)24-22(26)19-12-18(19)15-6-3-1-2-4-7-15/h1-4,6-7,10-11,13,15,17-20,25H,5,8-9,12,14H2,(H,24,26). The van der Waals surface area contributed by atoms with Gasteiger partial charge in [-0.15, -0.1) is 0 Å². The van der Waals surface area contributed by atoms with Crippen molar-refractivity contribution < 1.29 is 14.6 Å². The van der Waals surface area contributed by atoms with Gasteiger partial charge in [0.25, 0.3) is 0 Å². The Hall–Kier alpha value is -2.40. The monoisotopic (exact) mass is 366 g/mol. The quantitative estimate of drug-likeness (QED) is 0.778. The second kappa shape index (κ2) is 8.09. The molecule has 1 aromatic heterocycles. The molecule has 4 rings (SSSR count). The first kappa shape index (κ1) is 18.0. The highest BCUT2D eigenvalue weighted by atomic mass is 16.5. The van der Waals surface area contributed by atoms with Crippen LogP contribution in [-0.2, 0) is 4.79 Å². The highest BCUT2D eigenvalue weighted by Gasteiger charge is 2.46. The van der Waals surface area contributed by atoms with Crippen LogP contribution in [0.15, 0.2) is 54.8 Å². The molecule has 0 radical (unpaired) electrons. The third kappa shape index (κ3) is 4.30. The Bertz CT molecular complexity index is 733. The molecule has 3 unspecified atom stereocenters. The van der Waals surface area contributed by atoms with Crippen LogP contribution in [0.3, 0.4) is 0 Å². The van der Waals surface area contributed by atoms with Gasteiger partial charge in [0.1, 0.15) is 6.10 Å². The van der Waals surface area contributed by atoms with Gasteiger partial charge in [0.15, 0.2) is 0 Å². The molecule has 2 fully saturated rings. The molecule has 5 nitrogen and oxygen atoms in total. The fraction of sp³-hybridized carbons (Fsp3) is 0.455. The molecule has 0 aliphatic heterocycles. The summed E-state index contributed by atoms with van der Waals surface area (Å²) in [5.74, 6) is 1.26. The summed E-state index contributed by atoms with van der Waals surface area (Å²) < 4.78 is 5.76. The van der Waals surface area contributed by atoms with Crippen molar-refractivity contribution in [3.8, 4) is 5.88 Å². The van der Waals surface area contributed by atoms with E-state index in [2.05, 4.69) is 22.5 Å². The van der Waals surface area contributed by atoms with Gasteiger partial charge >= 0.3 is 0 Å². The highest BCUT2D eigenvalue weighted by Crippen LogP contribution is 2.46. The summed E-state index contributed by atoms with van der Waals surface area (Å²) >= 11 is 0. The van der Waals surface area contributed by atoms with Gasteiger partial charge < -0.3 is 15.2 Å². The van der Waals surface area contributed by atoms with Crippen molar-refractivity contribution in [2.24, 2.45) is 17.8 Å². The Morgan fingerprint density at radius 1 is 1.22 bits per heavy atom. The number of pyridine rings is 1. The van der Waals surface area contributed by atoms with Crippen molar-refractivity contribution in [2.75, 3.05) is 6.61 Å². The molecule has 2 N–H and O–H groups in total. The van der Waals surface area contributed by atoms with E-state index in [4.69, 9.17) is 4.74 Å². The summed E-state index contributed by atoms with van der Waals surface area (Å²) in [5, 5.41) is 12.7. The van der Waals surface area contributed by atoms with Crippen molar-refractivity contribution in [1.82, 2.24) is 10.3 Å².